The molecular formula is C22H27BrN2O3. The lowest BCUT2D eigenvalue weighted by molar-refractivity contribution is -0.129. The maximum absolute atomic E-state index is 12.5. The SMILES string of the molecule is Cc1cccc(OCCNC(=O)C(C)N2CCOC(c3ccc(Br)cc3)C2)c1. The van der Waals surface area contributed by atoms with Crippen LogP contribution in [0.15, 0.2) is 53.0 Å². The van der Waals surface area contributed by atoms with Crippen molar-refractivity contribution in [1.29, 1.82) is 0 Å². The van der Waals surface area contributed by atoms with Crippen molar-refractivity contribution in [1.82, 2.24) is 10.2 Å². The second-order valence-corrected chi connectivity index (χ2v) is 7.95. The zero-order valence-corrected chi connectivity index (χ0v) is 17.9. The topological polar surface area (TPSA) is 50.8 Å². The van der Waals surface area contributed by atoms with Gasteiger partial charge < -0.3 is 14.8 Å². The number of ether oxygens (including phenoxy) is 2. The molecule has 150 valence electrons. The molecule has 0 aliphatic carbocycles. The Morgan fingerprint density at radius 1 is 1.32 bits per heavy atom. The summed E-state index contributed by atoms with van der Waals surface area (Å²) in [5, 5.41) is 2.97. The number of amides is 1. The molecule has 2 aromatic rings. The molecule has 1 N–H and O–H groups in total. The molecule has 6 heteroatoms. The van der Waals surface area contributed by atoms with Crippen molar-refractivity contribution in [2.45, 2.75) is 26.0 Å². The van der Waals surface area contributed by atoms with Gasteiger partial charge in [-0.05, 0) is 49.2 Å². The number of nitrogens with one attached hydrogen (secondary N) is 1. The second-order valence-electron chi connectivity index (χ2n) is 7.04. The Balaban J connectivity index is 1.45. The molecule has 1 heterocycles. The van der Waals surface area contributed by atoms with Gasteiger partial charge in [0.1, 0.15) is 12.4 Å². The van der Waals surface area contributed by atoms with Crippen molar-refractivity contribution in [3.05, 3.63) is 64.1 Å². The van der Waals surface area contributed by atoms with E-state index in [4.69, 9.17) is 9.47 Å². The summed E-state index contributed by atoms with van der Waals surface area (Å²) < 4.78 is 12.7. The highest BCUT2D eigenvalue weighted by Crippen LogP contribution is 2.24. The minimum absolute atomic E-state index is 0.0123. The van der Waals surface area contributed by atoms with Gasteiger partial charge in [0.05, 0.1) is 25.3 Å². The molecule has 1 aliphatic rings. The summed E-state index contributed by atoms with van der Waals surface area (Å²) in [7, 11) is 0. The molecule has 0 radical (unpaired) electrons. The molecule has 5 nitrogen and oxygen atoms in total. The molecule has 0 saturated carbocycles. The lowest BCUT2D eigenvalue weighted by atomic mass is 10.1. The molecule has 1 aliphatic heterocycles. The van der Waals surface area contributed by atoms with Gasteiger partial charge in [0.25, 0.3) is 0 Å². The third kappa shape index (κ3) is 5.80. The third-order valence-electron chi connectivity index (χ3n) is 4.93. The Morgan fingerprint density at radius 3 is 2.86 bits per heavy atom. The van der Waals surface area contributed by atoms with Crippen LogP contribution >= 0.6 is 15.9 Å². The van der Waals surface area contributed by atoms with E-state index >= 15 is 0 Å². The fraction of sp³-hybridized carbons (Fsp3) is 0.409. The number of halogens is 1. The van der Waals surface area contributed by atoms with Gasteiger partial charge in [-0.3, -0.25) is 9.69 Å². The zero-order chi connectivity index (χ0) is 19.9. The highest BCUT2D eigenvalue weighted by Gasteiger charge is 2.28. The van der Waals surface area contributed by atoms with Crippen LogP contribution in [0.3, 0.4) is 0 Å². The first-order valence-corrected chi connectivity index (χ1v) is 10.4. The lowest BCUT2D eigenvalue weighted by Gasteiger charge is -2.36. The van der Waals surface area contributed by atoms with Crippen LogP contribution in [-0.2, 0) is 9.53 Å². The maximum Gasteiger partial charge on any atom is 0.237 e. The third-order valence-corrected chi connectivity index (χ3v) is 5.46. The Labute approximate surface area is 175 Å². The van der Waals surface area contributed by atoms with Gasteiger partial charge >= 0.3 is 0 Å². The molecule has 0 bridgehead atoms. The minimum Gasteiger partial charge on any atom is -0.492 e. The molecule has 28 heavy (non-hydrogen) atoms. The molecule has 2 atom stereocenters. The minimum atomic E-state index is -0.208. The molecule has 2 aromatic carbocycles. The number of carbonyl (C=O) groups excluding carboxylic acids is 1. The number of nitrogens with zero attached hydrogens (tertiary/aromatic N) is 1. The molecule has 3 rings (SSSR count). The van der Waals surface area contributed by atoms with E-state index in [0.717, 1.165) is 27.9 Å². The van der Waals surface area contributed by atoms with Crippen LogP contribution in [0.1, 0.15) is 24.2 Å². The van der Waals surface area contributed by atoms with Gasteiger partial charge in [-0.15, -0.1) is 0 Å². The summed E-state index contributed by atoms with van der Waals surface area (Å²) in [5.41, 5.74) is 2.29. The first kappa shape index (κ1) is 20.8. The molecular weight excluding hydrogens is 420 g/mol. The van der Waals surface area contributed by atoms with Gasteiger partial charge in [-0.25, -0.2) is 0 Å². The fourth-order valence-electron chi connectivity index (χ4n) is 3.26. The summed E-state index contributed by atoms with van der Waals surface area (Å²) in [4.78, 5) is 14.7. The Bertz CT molecular complexity index is 782. The van der Waals surface area contributed by atoms with Crippen molar-refractivity contribution < 1.29 is 14.3 Å². The fourth-order valence-corrected chi connectivity index (χ4v) is 3.53. The van der Waals surface area contributed by atoms with Crippen molar-refractivity contribution in [2.75, 3.05) is 32.8 Å². The summed E-state index contributed by atoms with van der Waals surface area (Å²) in [5.74, 6) is 0.845. The van der Waals surface area contributed by atoms with E-state index < -0.39 is 0 Å². The zero-order valence-electron chi connectivity index (χ0n) is 16.4. The van der Waals surface area contributed by atoms with Crippen LogP contribution in [0.2, 0.25) is 0 Å². The van der Waals surface area contributed by atoms with Gasteiger partial charge in [0, 0.05) is 17.6 Å². The van der Waals surface area contributed by atoms with E-state index in [9.17, 15) is 4.79 Å². The van der Waals surface area contributed by atoms with Crippen LogP contribution in [0.4, 0.5) is 0 Å². The molecule has 2 unspecified atom stereocenters. The first-order chi connectivity index (χ1) is 13.5. The average molecular weight is 447 g/mol. The van der Waals surface area contributed by atoms with Crippen LogP contribution in [0.25, 0.3) is 0 Å². The summed E-state index contributed by atoms with van der Waals surface area (Å²) in [6, 6.07) is 15.8. The quantitative estimate of drug-likeness (QED) is 0.658. The smallest absolute Gasteiger partial charge is 0.237 e. The monoisotopic (exact) mass is 446 g/mol. The number of rotatable bonds is 7. The Morgan fingerprint density at radius 2 is 2.11 bits per heavy atom. The molecule has 1 fully saturated rings. The number of morpholine rings is 1. The molecule has 1 amide bonds. The molecule has 1 saturated heterocycles. The predicted octanol–water partition coefficient (Wildman–Crippen LogP) is 3.71. The first-order valence-electron chi connectivity index (χ1n) is 9.61. The van der Waals surface area contributed by atoms with Crippen molar-refractivity contribution in [3.63, 3.8) is 0 Å². The highest BCUT2D eigenvalue weighted by atomic mass is 79.9. The van der Waals surface area contributed by atoms with Gasteiger partial charge in [-0.1, -0.05) is 40.2 Å². The maximum atomic E-state index is 12.5. The van der Waals surface area contributed by atoms with E-state index in [2.05, 4.69) is 38.3 Å². The summed E-state index contributed by atoms with van der Waals surface area (Å²) in [6.07, 6.45) is -0.0123. The van der Waals surface area contributed by atoms with Crippen LogP contribution in [-0.4, -0.2) is 49.7 Å². The number of benzene rings is 2. The highest BCUT2D eigenvalue weighted by molar-refractivity contribution is 9.10. The second kappa shape index (κ2) is 10.0. The van der Waals surface area contributed by atoms with E-state index in [0.29, 0.717) is 26.3 Å². The number of aryl methyl sites for hydroxylation is 1. The van der Waals surface area contributed by atoms with E-state index in [1.165, 1.54) is 0 Å². The average Bonchev–Trinajstić information content (AvgIpc) is 2.71. The van der Waals surface area contributed by atoms with Gasteiger partial charge in [-0.2, -0.15) is 0 Å². The van der Waals surface area contributed by atoms with Crippen molar-refractivity contribution in [3.8, 4) is 5.75 Å². The van der Waals surface area contributed by atoms with Gasteiger partial charge in [0.2, 0.25) is 5.91 Å². The largest absolute Gasteiger partial charge is 0.492 e. The standard InChI is InChI=1S/C22H27BrN2O3/c1-16-4-3-5-20(14-16)27-12-10-24-22(26)17(2)25-11-13-28-21(15-25)18-6-8-19(23)9-7-18/h3-9,14,17,21H,10-13,15H2,1-2H3,(H,24,26). The Kier molecular flexibility index (Phi) is 7.48. The van der Waals surface area contributed by atoms with E-state index in [1.54, 1.807) is 0 Å². The number of hydrogen-bond donors (Lipinski definition) is 1. The number of carbonyl (C=O) groups is 1. The molecule has 0 spiro atoms. The predicted molar refractivity (Wildman–Crippen MR) is 114 cm³/mol. The molecule has 0 aromatic heterocycles. The summed E-state index contributed by atoms with van der Waals surface area (Å²) >= 11 is 3.46. The van der Waals surface area contributed by atoms with Crippen LogP contribution in [0, 0.1) is 6.92 Å². The van der Waals surface area contributed by atoms with E-state index in [1.807, 2.05) is 50.2 Å². The van der Waals surface area contributed by atoms with Crippen LogP contribution < -0.4 is 10.1 Å². The van der Waals surface area contributed by atoms with Crippen LogP contribution in [0.5, 0.6) is 5.75 Å². The summed E-state index contributed by atoms with van der Waals surface area (Å²) in [6.45, 7) is 6.98. The van der Waals surface area contributed by atoms with E-state index in [-0.39, 0.29) is 18.1 Å². The Hall–Kier alpha value is -1.89. The number of hydrogen-bond acceptors (Lipinski definition) is 4. The van der Waals surface area contributed by atoms with Gasteiger partial charge in [0.15, 0.2) is 0 Å². The van der Waals surface area contributed by atoms with Crippen molar-refractivity contribution in [2.24, 2.45) is 0 Å². The van der Waals surface area contributed by atoms with Crippen molar-refractivity contribution >= 4 is 21.8 Å². The lowest BCUT2D eigenvalue weighted by Crippen LogP contribution is -2.50. The normalized spacial score (nSPS) is 18.5.